The van der Waals surface area contributed by atoms with Crippen LogP contribution in [0.3, 0.4) is 0 Å². The van der Waals surface area contributed by atoms with Crippen molar-refractivity contribution in [1.29, 1.82) is 0 Å². The third kappa shape index (κ3) is 27.9. The number of carbonyl (C=O) groups excluding carboxylic acids is 15. The van der Waals surface area contributed by atoms with E-state index in [0.29, 0.717) is 0 Å². The number of ether oxygens (including phenoxy) is 18. The number of hydrogen-bond donors (Lipinski definition) is 17. The minimum absolute atomic E-state index is 0.725. The first kappa shape index (κ1) is 100. The smallest absolute Gasteiger partial charge is 0.339 e. The summed E-state index contributed by atoms with van der Waals surface area (Å²) < 4.78 is 94.1. The normalized spacial score (nSPS) is 37.9. The molecular formula is C70H100O50. The van der Waals surface area contributed by atoms with Gasteiger partial charge in [0.15, 0.2) is 70.7 Å². The molecule has 17 N–H and O–H groups in total. The molecule has 0 saturated carbocycles. The van der Waals surface area contributed by atoms with Gasteiger partial charge in [-0.15, -0.1) is 0 Å². The summed E-state index contributed by atoms with van der Waals surface area (Å²) in [5.74, 6) is -31.0. The zero-order valence-corrected chi connectivity index (χ0v) is 65.4. The lowest BCUT2D eigenvalue weighted by Gasteiger charge is -2.37. The summed E-state index contributed by atoms with van der Waals surface area (Å²) >= 11 is 0. The van der Waals surface area contributed by atoms with Crippen LogP contribution in [0.2, 0.25) is 0 Å². The molecule has 50 heteroatoms. The second-order valence-corrected chi connectivity index (χ2v) is 30.8. The molecule has 6 saturated heterocycles. The van der Waals surface area contributed by atoms with Crippen molar-refractivity contribution in [2.45, 2.75) is 281 Å². The first-order valence-electron chi connectivity index (χ1n) is 37.0. The Balaban J connectivity index is 1.61. The van der Waals surface area contributed by atoms with Crippen LogP contribution < -0.4 is 0 Å². The summed E-state index contributed by atoms with van der Waals surface area (Å²) in [7, 11) is 0. The molecule has 0 spiro atoms. The predicted molar refractivity (Wildman–Crippen MR) is 367 cm³/mol. The van der Waals surface area contributed by atoms with E-state index in [-0.39, 0.29) is 0 Å². The third-order valence-electron chi connectivity index (χ3n) is 18.5. The SMILES string of the molecule is CC(C)OCC1OC(=O)CC2(O)CC(=O)OCC(O)C(O)C3OC(=O)C(O)(CC(=O)OCC(O)C(OC2=O)C1O)CC(=O)OC1C(O)COC(=O)C(O)(CC(=O)OCC3O)CC(=O)OC(C(O)COC(C)(C)C)C(O)C(O)COC(=O)CC2(O)CC(=O)OCC(O)C3OC(=O)C(O)(CC(=O)OCC(O)C1OC2=O)CC(=O)OCC(O)C3OC(C)C. The van der Waals surface area contributed by atoms with Crippen LogP contribution in [-0.4, -0.2) is 410 Å². The van der Waals surface area contributed by atoms with Gasteiger partial charge in [-0.25, -0.2) is 24.0 Å². The lowest BCUT2D eigenvalue weighted by atomic mass is 9.93. The zero-order chi connectivity index (χ0) is 90.2. The predicted octanol–water partition coefficient (Wildman–Crippen LogP) is -12.3. The van der Waals surface area contributed by atoms with Crippen molar-refractivity contribution in [3.63, 3.8) is 0 Å². The topological polar surface area (TPSA) is 766 Å². The fraction of sp³-hybridized carbons (Fsp3) is 0.786. The Hall–Kier alpha value is -8.75. The van der Waals surface area contributed by atoms with Crippen LogP contribution in [0.1, 0.15) is 113 Å². The van der Waals surface area contributed by atoms with Crippen LogP contribution in [0.4, 0.5) is 0 Å². The number of fused-ring (bicyclic) bond motifs is 18. The van der Waals surface area contributed by atoms with Crippen LogP contribution in [0.25, 0.3) is 0 Å². The number of cyclic esters (lactones) is 9. The molecule has 6 aliphatic rings. The van der Waals surface area contributed by atoms with Gasteiger partial charge in [0.2, 0.25) is 0 Å². The van der Waals surface area contributed by atoms with Gasteiger partial charge in [0.05, 0.1) is 95.2 Å². The van der Waals surface area contributed by atoms with Gasteiger partial charge in [0.1, 0.15) is 132 Å². The maximum absolute atomic E-state index is 15.1. The van der Waals surface area contributed by atoms with E-state index in [9.17, 15) is 154 Å². The van der Waals surface area contributed by atoms with Gasteiger partial charge in [-0.2, -0.15) is 0 Å². The van der Waals surface area contributed by atoms with E-state index in [1.165, 1.54) is 48.5 Å². The lowest BCUT2D eigenvalue weighted by molar-refractivity contribution is -0.219. The van der Waals surface area contributed by atoms with E-state index in [0.717, 1.165) is 0 Å². The summed E-state index contributed by atoms with van der Waals surface area (Å²) in [6.07, 6.45) is -75.1. The van der Waals surface area contributed by atoms with Crippen LogP contribution in [0.15, 0.2) is 0 Å². The molecule has 120 heavy (non-hydrogen) atoms. The highest BCUT2D eigenvalue weighted by Crippen LogP contribution is 2.34. The molecule has 6 heterocycles. The second kappa shape index (κ2) is 42.4. The summed E-state index contributed by atoms with van der Waals surface area (Å²) in [6.45, 7) is -5.15. The standard InChI is InChI=1S/C70H100O50/c1-28(2)103-27-39-52(92)55-33(74)21-107-46(86)14-70(102)17-49(89)116-57-37(78)25-111-60(93)66(98,8-40(80)106-20-32(73)54(117-61(70)94)51(91)31(72)19-105-42(82)13-69(101,62(95)118-55)15-47(87)114-39)16-48(88)115-53(38(79)26-112-65(5,6)7)50(90)30(71)18-104-41(81)9-67(99)11-44(84)109-23-35(76)58-56(113-29(3)4)34(75)22-108-43(83)10-68(100,63(96)119-58)12-45(85)110-24-36(77)59(57)120-64(67)97/h28-39,50-59,71-79,90-92,98-102H,8-27H2,1-7H3. The van der Waals surface area contributed by atoms with Crippen molar-refractivity contribution >= 4 is 89.5 Å². The minimum atomic E-state index is -4.16. The largest absolute Gasteiger partial charge is 0.463 e. The molecule has 0 aromatic rings. The molecule has 10 bridgehead atoms. The van der Waals surface area contributed by atoms with Crippen molar-refractivity contribution in [1.82, 2.24) is 0 Å². The Morgan fingerprint density at radius 3 is 0.983 bits per heavy atom. The number of carbonyl (C=O) groups is 15. The van der Waals surface area contributed by atoms with E-state index in [1.807, 2.05) is 0 Å². The third-order valence-corrected chi connectivity index (χ3v) is 18.5. The van der Waals surface area contributed by atoms with E-state index in [1.54, 1.807) is 0 Å². The molecule has 25 atom stereocenters. The highest BCUT2D eigenvalue weighted by atomic mass is 16.7. The molecule has 0 amide bonds. The highest BCUT2D eigenvalue weighted by Gasteiger charge is 2.57. The maximum atomic E-state index is 15.1. The van der Waals surface area contributed by atoms with Crippen LogP contribution >= 0.6 is 0 Å². The molecule has 50 nitrogen and oxygen atoms in total. The molecule has 680 valence electrons. The number of aliphatic hydroxyl groups excluding tert-OH is 12. The fourth-order valence-electron chi connectivity index (χ4n) is 12.1. The minimum Gasteiger partial charge on any atom is -0.463 e. The summed E-state index contributed by atoms with van der Waals surface area (Å²) in [5.41, 5.74) is -20.3. The van der Waals surface area contributed by atoms with Gasteiger partial charge < -0.3 is 172 Å². The van der Waals surface area contributed by atoms with Gasteiger partial charge in [0.25, 0.3) is 0 Å². The lowest BCUT2D eigenvalue weighted by Crippen LogP contribution is -2.57. The van der Waals surface area contributed by atoms with Gasteiger partial charge in [-0.05, 0) is 48.5 Å². The molecule has 0 radical (unpaired) electrons. The Kier molecular flexibility index (Phi) is 35.3. The second-order valence-electron chi connectivity index (χ2n) is 30.8. The van der Waals surface area contributed by atoms with Crippen molar-refractivity contribution in [3.05, 3.63) is 0 Å². The van der Waals surface area contributed by atoms with Crippen LogP contribution in [0, 0.1) is 0 Å². The van der Waals surface area contributed by atoms with Gasteiger partial charge >= 0.3 is 89.5 Å². The molecule has 6 fully saturated rings. The molecule has 25 unspecified atom stereocenters. The first-order chi connectivity index (χ1) is 55.6. The highest BCUT2D eigenvalue weighted by molar-refractivity contribution is 5.94. The van der Waals surface area contributed by atoms with E-state index in [2.05, 4.69) is 0 Å². The molecular weight excluding hydrogens is 1640 g/mol. The summed E-state index contributed by atoms with van der Waals surface area (Å²) in [5, 5.41) is 201. The van der Waals surface area contributed by atoms with Gasteiger partial charge in [-0.1, -0.05) is 0 Å². The number of aliphatic hydroxyl groups is 17. The van der Waals surface area contributed by atoms with Crippen molar-refractivity contribution in [3.8, 4) is 0 Å². The Bertz CT molecular complexity index is 3650. The maximum Gasteiger partial charge on any atom is 0.339 e. The monoisotopic (exact) mass is 1740 g/mol. The van der Waals surface area contributed by atoms with Crippen molar-refractivity contribution in [2.75, 3.05) is 66.1 Å². The molecule has 0 aliphatic carbocycles. The summed E-state index contributed by atoms with van der Waals surface area (Å²) in [6, 6.07) is 0. The van der Waals surface area contributed by atoms with Gasteiger partial charge in [0, 0.05) is 0 Å². The first-order valence-corrected chi connectivity index (χ1v) is 37.0. The van der Waals surface area contributed by atoms with E-state index >= 15 is 4.79 Å². The molecule has 0 aromatic carbocycles. The Morgan fingerprint density at radius 1 is 0.325 bits per heavy atom. The number of esters is 15. The van der Waals surface area contributed by atoms with E-state index < -0.39 is 388 Å². The molecule has 0 aromatic heterocycles. The average molecular weight is 1740 g/mol. The van der Waals surface area contributed by atoms with Crippen molar-refractivity contribution < 1.29 is 244 Å². The number of hydrogen-bond acceptors (Lipinski definition) is 50. The number of rotatable bonds is 8. The van der Waals surface area contributed by atoms with Crippen LogP contribution in [-0.2, 0) is 157 Å². The van der Waals surface area contributed by atoms with E-state index in [4.69, 9.17) is 85.3 Å². The Morgan fingerprint density at radius 2 is 0.608 bits per heavy atom. The van der Waals surface area contributed by atoms with Crippen LogP contribution in [0.5, 0.6) is 0 Å². The molecule has 6 aliphatic heterocycles. The Labute approximate surface area is 678 Å². The van der Waals surface area contributed by atoms with Gasteiger partial charge in [-0.3, -0.25) is 47.9 Å². The van der Waals surface area contributed by atoms with Crippen molar-refractivity contribution in [2.24, 2.45) is 0 Å². The quantitative estimate of drug-likeness (QED) is 0.0793. The summed E-state index contributed by atoms with van der Waals surface area (Å²) in [4.78, 5) is 213. The fourth-order valence-corrected chi connectivity index (χ4v) is 12.1. The molecule has 6 rings (SSSR count). The zero-order valence-electron chi connectivity index (χ0n) is 65.4. The average Bonchev–Trinajstić information content (AvgIpc) is 1.08.